The summed E-state index contributed by atoms with van der Waals surface area (Å²) in [5.74, 6) is 3.27. The lowest BCUT2D eigenvalue weighted by Crippen LogP contribution is -2.44. The van der Waals surface area contributed by atoms with E-state index in [1.165, 1.54) is 31.4 Å². The molecule has 3 unspecified atom stereocenters. The Balaban J connectivity index is 1.68. The van der Waals surface area contributed by atoms with Gasteiger partial charge in [-0.25, -0.2) is 0 Å². The van der Waals surface area contributed by atoms with Crippen molar-refractivity contribution in [1.29, 1.82) is 0 Å². The van der Waals surface area contributed by atoms with Crippen molar-refractivity contribution < 1.29 is 4.79 Å². The minimum atomic E-state index is 0.240. The van der Waals surface area contributed by atoms with Gasteiger partial charge in [0.2, 0.25) is 5.91 Å². The van der Waals surface area contributed by atoms with E-state index >= 15 is 0 Å². The highest BCUT2D eigenvalue weighted by molar-refractivity contribution is 7.99. The average Bonchev–Trinajstić information content (AvgIpc) is 2.30. The maximum absolute atomic E-state index is 11.9. The third-order valence-corrected chi connectivity index (χ3v) is 4.86. The van der Waals surface area contributed by atoms with Crippen molar-refractivity contribution in [3.63, 3.8) is 0 Å². The van der Waals surface area contributed by atoms with Crippen LogP contribution in [0.1, 0.15) is 39.0 Å². The van der Waals surface area contributed by atoms with Gasteiger partial charge < -0.3 is 10.6 Å². The Hall–Kier alpha value is -0.220. The highest BCUT2D eigenvalue weighted by atomic mass is 32.2. The van der Waals surface area contributed by atoms with E-state index in [0.29, 0.717) is 18.5 Å². The lowest BCUT2D eigenvalue weighted by atomic mass is 9.87. The Morgan fingerprint density at radius 3 is 3.06 bits per heavy atom. The van der Waals surface area contributed by atoms with Gasteiger partial charge in [-0.05, 0) is 18.8 Å². The molecule has 0 bridgehead atoms. The van der Waals surface area contributed by atoms with Crippen LogP contribution in [0.25, 0.3) is 0 Å². The molecule has 0 spiro atoms. The predicted octanol–water partition coefficient (Wildman–Crippen LogP) is 1.78. The second-order valence-electron chi connectivity index (χ2n) is 5.47. The number of amides is 1. The van der Waals surface area contributed by atoms with Gasteiger partial charge in [0.15, 0.2) is 0 Å². The van der Waals surface area contributed by atoms with Crippen molar-refractivity contribution in [3.05, 3.63) is 0 Å². The monoisotopic (exact) mass is 256 g/mol. The van der Waals surface area contributed by atoms with Crippen LogP contribution in [0, 0.1) is 5.92 Å². The van der Waals surface area contributed by atoms with Crippen molar-refractivity contribution in [2.24, 2.45) is 5.92 Å². The molecule has 2 N–H and O–H groups in total. The van der Waals surface area contributed by atoms with Gasteiger partial charge in [0.05, 0.1) is 0 Å². The van der Waals surface area contributed by atoms with Crippen molar-refractivity contribution in [1.82, 2.24) is 10.6 Å². The highest BCUT2D eigenvalue weighted by Gasteiger charge is 2.22. The van der Waals surface area contributed by atoms with Crippen molar-refractivity contribution >= 4 is 17.7 Å². The molecule has 2 aliphatic rings. The molecule has 3 atom stereocenters. The Labute approximate surface area is 108 Å². The minimum absolute atomic E-state index is 0.240. The molecule has 98 valence electrons. The Morgan fingerprint density at radius 1 is 1.47 bits per heavy atom. The third kappa shape index (κ3) is 4.51. The fourth-order valence-electron chi connectivity index (χ4n) is 2.83. The lowest BCUT2D eigenvalue weighted by Gasteiger charge is -2.29. The summed E-state index contributed by atoms with van der Waals surface area (Å²) in [5, 5.41) is 6.62. The summed E-state index contributed by atoms with van der Waals surface area (Å²) in [6, 6.07) is 0.817. The number of hydrogen-bond donors (Lipinski definition) is 2. The molecule has 17 heavy (non-hydrogen) atoms. The van der Waals surface area contributed by atoms with E-state index in [4.69, 9.17) is 0 Å². The maximum Gasteiger partial charge on any atom is 0.221 e. The Bertz CT molecular complexity index is 254. The van der Waals surface area contributed by atoms with Crippen LogP contribution in [0.15, 0.2) is 0 Å². The van der Waals surface area contributed by atoms with E-state index < -0.39 is 0 Å². The van der Waals surface area contributed by atoms with Crippen LogP contribution in [0.4, 0.5) is 0 Å². The molecule has 0 aromatic carbocycles. The molecule has 0 aromatic heterocycles. The van der Waals surface area contributed by atoms with Crippen molar-refractivity contribution in [2.45, 2.75) is 51.1 Å². The predicted molar refractivity (Wildman–Crippen MR) is 73.3 cm³/mol. The van der Waals surface area contributed by atoms with Gasteiger partial charge in [-0.2, -0.15) is 11.8 Å². The lowest BCUT2D eigenvalue weighted by molar-refractivity contribution is -0.122. The number of thioether (sulfide) groups is 1. The van der Waals surface area contributed by atoms with Crippen LogP contribution in [0.5, 0.6) is 0 Å². The van der Waals surface area contributed by atoms with E-state index in [1.54, 1.807) is 0 Å². The molecule has 2 fully saturated rings. The summed E-state index contributed by atoms with van der Waals surface area (Å²) in [5.41, 5.74) is 0. The topological polar surface area (TPSA) is 41.1 Å². The van der Waals surface area contributed by atoms with Crippen LogP contribution in [0.3, 0.4) is 0 Å². The van der Waals surface area contributed by atoms with Crippen LogP contribution in [-0.2, 0) is 4.79 Å². The molecular weight excluding hydrogens is 232 g/mol. The fourth-order valence-corrected chi connectivity index (χ4v) is 3.78. The summed E-state index contributed by atoms with van der Waals surface area (Å²) < 4.78 is 0. The van der Waals surface area contributed by atoms with Crippen molar-refractivity contribution in [2.75, 3.05) is 18.1 Å². The zero-order valence-corrected chi connectivity index (χ0v) is 11.5. The SMILES string of the molecule is CC1CCCC(NC(=O)CC2CSCCN2)C1. The first kappa shape index (κ1) is 13.2. The zero-order valence-electron chi connectivity index (χ0n) is 10.7. The molecule has 1 saturated heterocycles. The molecule has 0 radical (unpaired) electrons. The standard InChI is InChI=1S/C13H24N2OS/c1-10-3-2-4-11(7-10)15-13(16)8-12-9-17-6-5-14-12/h10-12,14H,2-9H2,1H3,(H,15,16). The molecule has 4 heteroatoms. The molecule has 1 aliphatic carbocycles. The van der Waals surface area contributed by atoms with E-state index in [2.05, 4.69) is 17.6 Å². The zero-order chi connectivity index (χ0) is 12.1. The maximum atomic E-state index is 11.9. The van der Waals surface area contributed by atoms with Gasteiger partial charge in [0.1, 0.15) is 0 Å². The number of rotatable bonds is 3. The summed E-state index contributed by atoms with van der Waals surface area (Å²) in [6.45, 7) is 3.33. The first-order valence-corrected chi connectivity index (χ1v) is 8.00. The van der Waals surface area contributed by atoms with E-state index in [-0.39, 0.29) is 5.91 Å². The first-order chi connectivity index (χ1) is 8.24. The quantitative estimate of drug-likeness (QED) is 0.809. The van der Waals surface area contributed by atoms with E-state index in [0.717, 1.165) is 18.2 Å². The first-order valence-electron chi connectivity index (χ1n) is 6.84. The largest absolute Gasteiger partial charge is 0.353 e. The average molecular weight is 256 g/mol. The summed E-state index contributed by atoms with van der Waals surface area (Å²) in [4.78, 5) is 11.9. The highest BCUT2D eigenvalue weighted by Crippen LogP contribution is 2.23. The summed E-state index contributed by atoms with van der Waals surface area (Å²) in [7, 11) is 0. The number of hydrogen-bond acceptors (Lipinski definition) is 3. The Kier molecular flexibility index (Phi) is 5.16. The van der Waals surface area contributed by atoms with Gasteiger partial charge in [0, 0.05) is 36.6 Å². The minimum Gasteiger partial charge on any atom is -0.353 e. The fraction of sp³-hybridized carbons (Fsp3) is 0.923. The van der Waals surface area contributed by atoms with Gasteiger partial charge in [-0.3, -0.25) is 4.79 Å². The second kappa shape index (κ2) is 6.64. The smallest absolute Gasteiger partial charge is 0.221 e. The van der Waals surface area contributed by atoms with Crippen molar-refractivity contribution in [3.8, 4) is 0 Å². The van der Waals surface area contributed by atoms with E-state index in [1.807, 2.05) is 11.8 Å². The number of nitrogens with one attached hydrogen (secondary N) is 2. The van der Waals surface area contributed by atoms with E-state index in [9.17, 15) is 4.79 Å². The Morgan fingerprint density at radius 2 is 2.35 bits per heavy atom. The molecule has 1 heterocycles. The summed E-state index contributed by atoms with van der Waals surface area (Å²) >= 11 is 1.95. The third-order valence-electron chi connectivity index (χ3n) is 3.73. The molecule has 1 aliphatic heterocycles. The molecule has 3 nitrogen and oxygen atoms in total. The molecule has 1 amide bonds. The van der Waals surface area contributed by atoms with Crippen LogP contribution < -0.4 is 10.6 Å². The molecule has 2 rings (SSSR count). The molecular formula is C13H24N2OS. The van der Waals surface area contributed by atoms with Gasteiger partial charge in [0.25, 0.3) is 0 Å². The van der Waals surface area contributed by atoms with Gasteiger partial charge >= 0.3 is 0 Å². The molecule has 0 aromatic rings. The molecule has 1 saturated carbocycles. The van der Waals surface area contributed by atoms with Crippen LogP contribution >= 0.6 is 11.8 Å². The summed E-state index contributed by atoms with van der Waals surface area (Å²) in [6.07, 6.45) is 5.58. The number of carbonyl (C=O) groups is 1. The van der Waals surface area contributed by atoms with Gasteiger partial charge in [-0.15, -0.1) is 0 Å². The second-order valence-corrected chi connectivity index (χ2v) is 6.62. The number of carbonyl (C=O) groups excluding carboxylic acids is 1. The van der Waals surface area contributed by atoms with Crippen LogP contribution in [0.2, 0.25) is 0 Å². The normalized spacial score (nSPS) is 34.3. The van der Waals surface area contributed by atoms with Gasteiger partial charge in [-0.1, -0.05) is 19.8 Å². The van der Waals surface area contributed by atoms with Crippen LogP contribution in [-0.4, -0.2) is 36.0 Å².